The lowest BCUT2D eigenvalue weighted by Crippen LogP contribution is -2.27. The van der Waals surface area contributed by atoms with Gasteiger partial charge in [0, 0.05) is 12.1 Å². The predicted molar refractivity (Wildman–Crippen MR) is 74.2 cm³/mol. The molecular formula is C17H22FN. The van der Waals surface area contributed by atoms with E-state index >= 15 is 0 Å². The van der Waals surface area contributed by atoms with Gasteiger partial charge in [-0.05, 0) is 67.1 Å². The molecule has 5 atom stereocenters. The zero-order valence-electron chi connectivity index (χ0n) is 11.5. The lowest BCUT2D eigenvalue weighted by Gasteiger charge is -2.20. The van der Waals surface area contributed by atoms with E-state index in [4.69, 9.17) is 0 Å². The molecule has 0 radical (unpaired) electrons. The van der Waals surface area contributed by atoms with Crippen molar-refractivity contribution >= 4 is 0 Å². The lowest BCUT2D eigenvalue weighted by atomic mass is 10.0. The summed E-state index contributed by atoms with van der Waals surface area (Å²) in [6, 6.07) is 8.14. The van der Waals surface area contributed by atoms with Crippen LogP contribution in [0.1, 0.15) is 44.2 Å². The predicted octanol–water partition coefficient (Wildman–Crippen LogP) is 3.91. The van der Waals surface area contributed by atoms with Gasteiger partial charge in [0.15, 0.2) is 0 Å². The molecular weight excluding hydrogens is 237 g/mol. The summed E-state index contributed by atoms with van der Waals surface area (Å²) in [6.45, 7) is 2.19. The fourth-order valence-corrected chi connectivity index (χ4v) is 4.95. The maximum atomic E-state index is 13.4. The van der Waals surface area contributed by atoms with E-state index < -0.39 is 0 Å². The van der Waals surface area contributed by atoms with Crippen LogP contribution >= 0.6 is 0 Å². The van der Waals surface area contributed by atoms with Crippen LogP contribution in [0.5, 0.6) is 0 Å². The highest BCUT2D eigenvalue weighted by atomic mass is 19.1. The Morgan fingerprint density at radius 2 is 2.00 bits per heavy atom. The van der Waals surface area contributed by atoms with Crippen molar-refractivity contribution in [2.24, 2.45) is 23.7 Å². The van der Waals surface area contributed by atoms with Gasteiger partial charge < -0.3 is 5.32 Å². The third kappa shape index (κ3) is 1.84. The van der Waals surface area contributed by atoms with E-state index in [1.807, 2.05) is 6.07 Å². The summed E-state index contributed by atoms with van der Waals surface area (Å²) in [6.07, 6.45) is 5.44. The normalized spacial score (nSPS) is 40.2. The van der Waals surface area contributed by atoms with Crippen LogP contribution in [0.15, 0.2) is 24.3 Å². The standard InChI is InChI=1S/C17H22FN/c1-2-14(10-4-3-5-13(18)9-10)19-17-15-11-6-7-12(8-11)16(15)17/h3-5,9,11-12,14-17,19H,2,6-8H2,1H3. The van der Waals surface area contributed by atoms with Gasteiger partial charge in [-0.1, -0.05) is 19.1 Å². The van der Waals surface area contributed by atoms with Crippen LogP contribution in [0.25, 0.3) is 0 Å². The van der Waals surface area contributed by atoms with Crippen LogP contribution in [-0.2, 0) is 0 Å². The van der Waals surface area contributed by atoms with Crippen LogP contribution in [0, 0.1) is 29.5 Å². The Hall–Kier alpha value is -0.890. The van der Waals surface area contributed by atoms with Gasteiger partial charge in [0.05, 0.1) is 0 Å². The van der Waals surface area contributed by atoms with E-state index in [1.54, 1.807) is 6.07 Å². The molecule has 1 aromatic rings. The van der Waals surface area contributed by atoms with Gasteiger partial charge in [-0.15, -0.1) is 0 Å². The number of hydrogen-bond donors (Lipinski definition) is 1. The first kappa shape index (κ1) is 11.9. The monoisotopic (exact) mass is 259 g/mol. The van der Waals surface area contributed by atoms with Crippen LogP contribution in [0.4, 0.5) is 4.39 Å². The Morgan fingerprint density at radius 3 is 2.63 bits per heavy atom. The van der Waals surface area contributed by atoms with Crippen molar-refractivity contribution in [3.63, 3.8) is 0 Å². The molecule has 102 valence electrons. The van der Waals surface area contributed by atoms with Gasteiger partial charge in [0.25, 0.3) is 0 Å². The first-order chi connectivity index (χ1) is 9.28. The Labute approximate surface area is 114 Å². The van der Waals surface area contributed by atoms with Gasteiger partial charge >= 0.3 is 0 Å². The van der Waals surface area contributed by atoms with Crippen molar-refractivity contribution in [1.29, 1.82) is 0 Å². The van der Waals surface area contributed by atoms with Crippen LogP contribution < -0.4 is 5.32 Å². The summed E-state index contributed by atoms with van der Waals surface area (Å²) < 4.78 is 13.4. The third-order valence-electron chi connectivity index (χ3n) is 5.79. The molecule has 1 aromatic carbocycles. The van der Waals surface area contributed by atoms with Crippen molar-refractivity contribution < 1.29 is 4.39 Å². The Bertz CT molecular complexity index is 470. The van der Waals surface area contributed by atoms with Crippen molar-refractivity contribution in [2.75, 3.05) is 0 Å². The van der Waals surface area contributed by atoms with Gasteiger partial charge in [0.2, 0.25) is 0 Å². The molecule has 4 rings (SSSR count). The molecule has 1 nitrogen and oxygen atoms in total. The second kappa shape index (κ2) is 4.31. The summed E-state index contributed by atoms with van der Waals surface area (Å²) in [5.41, 5.74) is 1.11. The Kier molecular flexibility index (Phi) is 2.70. The highest BCUT2D eigenvalue weighted by molar-refractivity contribution is 5.23. The SMILES string of the molecule is CCC(NC1C2C3CCC(C3)C12)c1cccc(F)c1. The lowest BCUT2D eigenvalue weighted by molar-refractivity contribution is 0.414. The van der Waals surface area contributed by atoms with Crippen LogP contribution in [-0.4, -0.2) is 6.04 Å². The molecule has 0 amide bonds. The molecule has 3 saturated carbocycles. The number of nitrogens with one attached hydrogen (secondary N) is 1. The van der Waals surface area contributed by atoms with Crippen molar-refractivity contribution in [3.05, 3.63) is 35.6 Å². The van der Waals surface area contributed by atoms with Gasteiger partial charge in [0.1, 0.15) is 5.82 Å². The molecule has 0 heterocycles. The number of halogens is 1. The molecule has 3 fully saturated rings. The maximum absolute atomic E-state index is 13.4. The summed E-state index contributed by atoms with van der Waals surface area (Å²) >= 11 is 0. The molecule has 0 aliphatic heterocycles. The zero-order valence-corrected chi connectivity index (χ0v) is 11.5. The second-order valence-corrected chi connectivity index (χ2v) is 6.70. The fourth-order valence-electron chi connectivity index (χ4n) is 4.95. The smallest absolute Gasteiger partial charge is 0.123 e. The molecule has 3 aliphatic carbocycles. The van der Waals surface area contributed by atoms with E-state index in [1.165, 1.54) is 25.3 Å². The van der Waals surface area contributed by atoms with Crippen LogP contribution in [0.3, 0.4) is 0 Å². The first-order valence-corrected chi connectivity index (χ1v) is 7.79. The highest BCUT2D eigenvalue weighted by Crippen LogP contribution is 2.65. The fraction of sp³-hybridized carbons (Fsp3) is 0.647. The number of benzene rings is 1. The average Bonchev–Trinajstić information content (AvgIpc) is 2.81. The van der Waals surface area contributed by atoms with E-state index in [0.717, 1.165) is 41.7 Å². The van der Waals surface area contributed by atoms with Crippen molar-refractivity contribution in [1.82, 2.24) is 5.32 Å². The molecule has 19 heavy (non-hydrogen) atoms. The molecule has 0 aromatic heterocycles. The molecule has 2 heteroatoms. The van der Waals surface area contributed by atoms with E-state index in [0.29, 0.717) is 6.04 Å². The average molecular weight is 259 g/mol. The number of fused-ring (bicyclic) bond motifs is 5. The van der Waals surface area contributed by atoms with E-state index in [9.17, 15) is 4.39 Å². The highest BCUT2D eigenvalue weighted by Gasteiger charge is 2.64. The van der Waals surface area contributed by atoms with Gasteiger partial charge in [-0.25, -0.2) is 4.39 Å². The first-order valence-electron chi connectivity index (χ1n) is 7.79. The summed E-state index contributed by atoms with van der Waals surface area (Å²) in [5.74, 6) is 3.77. The Balaban J connectivity index is 1.47. The van der Waals surface area contributed by atoms with Crippen molar-refractivity contribution in [3.8, 4) is 0 Å². The van der Waals surface area contributed by atoms with E-state index in [2.05, 4.69) is 18.3 Å². The molecule has 1 N–H and O–H groups in total. The summed E-state index contributed by atoms with van der Waals surface area (Å²) in [4.78, 5) is 0. The van der Waals surface area contributed by atoms with Crippen molar-refractivity contribution in [2.45, 2.75) is 44.7 Å². The minimum atomic E-state index is -0.117. The molecule has 2 bridgehead atoms. The Morgan fingerprint density at radius 1 is 1.26 bits per heavy atom. The topological polar surface area (TPSA) is 12.0 Å². The summed E-state index contributed by atoms with van der Waals surface area (Å²) in [5, 5.41) is 3.82. The minimum Gasteiger partial charge on any atom is -0.307 e. The molecule has 5 unspecified atom stereocenters. The molecule has 0 spiro atoms. The maximum Gasteiger partial charge on any atom is 0.123 e. The minimum absolute atomic E-state index is 0.117. The molecule has 3 aliphatic rings. The largest absolute Gasteiger partial charge is 0.307 e. The number of hydrogen-bond acceptors (Lipinski definition) is 1. The summed E-state index contributed by atoms with van der Waals surface area (Å²) in [7, 11) is 0. The zero-order chi connectivity index (χ0) is 13.0. The second-order valence-electron chi connectivity index (χ2n) is 6.70. The van der Waals surface area contributed by atoms with Gasteiger partial charge in [-0.2, -0.15) is 0 Å². The quantitative estimate of drug-likeness (QED) is 0.864. The van der Waals surface area contributed by atoms with Gasteiger partial charge in [-0.3, -0.25) is 0 Å². The third-order valence-corrected chi connectivity index (χ3v) is 5.79. The molecule has 0 saturated heterocycles. The van der Waals surface area contributed by atoms with Crippen LogP contribution in [0.2, 0.25) is 0 Å². The van der Waals surface area contributed by atoms with E-state index in [-0.39, 0.29) is 5.82 Å². The number of rotatable bonds is 4.